The zero-order valence-corrected chi connectivity index (χ0v) is 14.3. The molecule has 0 bridgehead atoms. The van der Waals surface area contributed by atoms with Crippen molar-refractivity contribution in [1.82, 2.24) is 20.2 Å². The van der Waals surface area contributed by atoms with Crippen molar-refractivity contribution in [3.8, 4) is 11.1 Å². The number of nitrogens with one attached hydrogen (secondary N) is 1. The maximum Gasteiger partial charge on any atom is 0.227 e. The Balaban J connectivity index is 1.60. The second-order valence-electron chi connectivity index (χ2n) is 6.63. The van der Waals surface area contributed by atoms with Crippen molar-refractivity contribution in [3.05, 3.63) is 54.0 Å². The zero-order valence-electron chi connectivity index (χ0n) is 14.3. The number of nitrogens with zero attached hydrogens (tertiary/aromatic N) is 4. The van der Waals surface area contributed by atoms with Gasteiger partial charge in [0.05, 0.1) is 6.20 Å². The highest BCUT2D eigenvalue weighted by Crippen LogP contribution is 2.34. The number of rotatable bonds is 3. The summed E-state index contributed by atoms with van der Waals surface area (Å²) in [6.45, 7) is 3.92. The number of aromatic amines is 1. The third-order valence-corrected chi connectivity index (χ3v) is 4.81. The molecule has 0 aliphatic carbocycles. The molecule has 1 aromatic carbocycles. The molecule has 1 aliphatic heterocycles. The fourth-order valence-corrected chi connectivity index (χ4v) is 3.48. The van der Waals surface area contributed by atoms with Crippen molar-refractivity contribution < 1.29 is 0 Å². The number of benzene rings is 1. The molecular formula is C19H22N6. The van der Waals surface area contributed by atoms with E-state index >= 15 is 0 Å². The van der Waals surface area contributed by atoms with Crippen LogP contribution >= 0.6 is 0 Å². The van der Waals surface area contributed by atoms with Gasteiger partial charge in [-0.1, -0.05) is 29.8 Å². The van der Waals surface area contributed by atoms with E-state index in [1.165, 1.54) is 22.4 Å². The second kappa shape index (κ2) is 6.55. The van der Waals surface area contributed by atoms with Crippen molar-refractivity contribution in [2.45, 2.75) is 25.7 Å². The maximum atomic E-state index is 5.81. The monoisotopic (exact) mass is 334 g/mol. The van der Waals surface area contributed by atoms with Crippen LogP contribution in [0.15, 0.2) is 42.7 Å². The number of aryl methyl sites for hydroxylation is 1. The molecule has 128 valence electrons. The molecule has 6 heteroatoms. The van der Waals surface area contributed by atoms with Gasteiger partial charge in [0.2, 0.25) is 5.95 Å². The Morgan fingerprint density at radius 2 is 2.04 bits per heavy atom. The van der Waals surface area contributed by atoms with Gasteiger partial charge in [-0.2, -0.15) is 10.1 Å². The topological polar surface area (TPSA) is 83.7 Å². The number of hydrogen-bond donors (Lipinski definition) is 2. The molecule has 6 nitrogen and oxygen atoms in total. The van der Waals surface area contributed by atoms with Crippen molar-refractivity contribution in [3.63, 3.8) is 0 Å². The lowest BCUT2D eigenvalue weighted by molar-refractivity contribution is 0.495. The first-order valence-corrected chi connectivity index (χ1v) is 8.64. The fraction of sp³-hybridized carbons (Fsp3) is 0.316. The molecule has 0 amide bonds. The summed E-state index contributed by atoms with van der Waals surface area (Å²) in [7, 11) is 0. The van der Waals surface area contributed by atoms with Crippen molar-refractivity contribution >= 4 is 11.8 Å². The van der Waals surface area contributed by atoms with Crippen LogP contribution in [0.2, 0.25) is 0 Å². The highest BCUT2D eigenvalue weighted by atomic mass is 15.3. The molecule has 1 fully saturated rings. The normalized spacial score (nSPS) is 17.6. The standard InChI is InChI=1S/C19H22N6/c1-13-4-6-14(7-5-13)16-11-22-24-18(16)15-3-2-10-25(12-15)19-21-9-8-17(20)23-19/h4-9,11,15H,2-3,10,12H2,1H3,(H,22,24)(H2,20,21,23)/t15-/m0/s1. The fourth-order valence-electron chi connectivity index (χ4n) is 3.48. The molecule has 0 saturated carbocycles. The van der Waals surface area contributed by atoms with Crippen LogP contribution in [0.5, 0.6) is 0 Å². The number of piperidine rings is 1. The first-order valence-electron chi connectivity index (χ1n) is 8.64. The number of H-pyrrole nitrogens is 1. The lowest BCUT2D eigenvalue weighted by Crippen LogP contribution is -2.36. The van der Waals surface area contributed by atoms with Crippen LogP contribution in [0.3, 0.4) is 0 Å². The van der Waals surface area contributed by atoms with Gasteiger partial charge in [0.15, 0.2) is 0 Å². The molecule has 1 atom stereocenters. The first-order chi connectivity index (χ1) is 12.2. The van der Waals surface area contributed by atoms with Crippen LogP contribution in [-0.4, -0.2) is 33.3 Å². The minimum Gasteiger partial charge on any atom is -0.384 e. The van der Waals surface area contributed by atoms with Crippen LogP contribution in [0.25, 0.3) is 11.1 Å². The van der Waals surface area contributed by atoms with Gasteiger partial charge in [-0.25, -0.2) is 4.98 Å². The first kappa shape index (κ1) is 15.6. The second-order valence-corrected chi connectivity index (χ2v) is 6.63. The molecule has 1 aliphatic rings. The Morgan fingerprint density at radius 1 is 1.20 bits per heavy atom. The van der Waals surface area contributed by atoms with Gasteiger partial charge in [0.1, 0.15) is 5.82 Å². The molecule has 3 heterocycles. The van der Waals surface area contributed by atoms with Crippen LogP contribution in [0.4, 0.5) is 11.8 Å². The molecule has 2 aromatic heterocycles. The Bertz CT molecular complexity index is 854. The minimum atomic E-state index is 0.373. The summed E-state index contributed by atoms with van der Waals surface area (Å²) >= 11 is 0. The number of nitrogen functional groups attached to an aromatic ring is 1. The van der Waals surface area contributed by atoms with Crippen molar-refractivity contribution in [1.29, 1.82) is 0 Å². The van der Waals surface area contributed by atoms with Crippen molar-refractivity contribution in [2.24, 2.45) is 0 Å². The molecule has 0 unspecified atom stereocenters. The molecule has 25 heavy (non-hydrogen) atoms. The average Bonchev–Trinajstić information content (AvgIpc) is 3.12. The van der Waals surface area contributed by atoms with Crippen molar-refractivity contribution in [2.75, 3.05) is 23.7 Å². The Hall–Kier alpha value is -2.89. The lowest BCUT2D eigenvalue weighted by atomic mass is 9.90. The van der Waals surface area contributed by atoms with Gasteiger partial charge < -0.3 is 10.6 Å². The van der Waals surface area contributed by atoms with Crippen LogP contribution in [-0.2, 0) is 0 Å². The Kier molecular flexibility index (Phi) is 4.09. The predicted octanol–water partition coefficient (Wildman–Crippen LogP) is 3.14. The lowest BCUT2D eigenvalue weighted by Gasteiger charge is -2.32. The van der Waals surface area contributed by atoms with Gasteiger partial charge in [0, 0.05) is 36.5 Å². The third-order valence-electron chi connectivity index (χ3n) is 4.81. The highest BCUT2D eigenvalue weighted by Gasteiger charge is 2.26. The van der Waals surface area contributed by atoms with Gasteiger partial charge in [-0.05, 0) is 31.4 Å². The molecule has 4 rings (SSSR count). The molecule has 1 saturated heterocycles. The van der Waals surface area contributed by atoms with Gasteiger partial charge in [0.25, 0.3) is 0 Å². The van der Waals surface area contributed by atoms with Crippen LogP contribution < -0.4 is 10.6 Å². The molecule has 0 radical (unpaired) electrons. The molecule has 0 spiro atoms. The van der Waals surface area contributed by atoms with E-state index in [2.05, 4.69) is 56.3 Å². The van der Waals surface area contributed by atoms with E-state index < -0.39 is 0 Å². The number of hydrogen-bond acceptors (Lipinski definition) is 5. The van der Waals surface area contributed by atoms with E-state index in [0.717, 1.165) is 25.9 Å². The van der Waals surface area contributed by atoms with E-state index in [1.807, 2.05) is 6.20 Å². The van der Waals surface area contributed by atoms with E-state index in [1.54, 1.807) is 12.3 Å². The quantitative estimate of drug-likeness (QED) is 0.769. The van der Waals surface area contributed by atoms with Gasteiger partial charge in [-0.3, -0.25) is 5.10 Å². The minimum absolute atomic E-state index is 0.373. The van der Waals surface area contributed by atoms with E-state index in [0.29, 0.717) is 17.7 Å². The van der Waals surface area contributed by atoms with E-state index in [9.17, 15) is 0 Å². The smallest absolute Gasteiger partial charge is 0.227 e. The maximum absolute atomic E-state index is 5.81. The number of anilines is 2. The van der Waals surface area contributed by atoms with Gasteiger partial charge in [-0.15, -0.1) is 0 Å². The largest absolute Gasteiger partial charge is 0.384 e. The van der Waals surface area contributed by atoms with E-state index in [-0.39, 0.29) is 0 Å². The predicted molar refractivity (Wildman–Crippen MR) is 99.4 cm³/mol. The summed E-state index contributed by atoms with van der Waals surface area (Å²) in [5.41, 5.74) is 10.6. The molecule has 3 N–H and O–H groups in total. The van der Waals surface area contributed by atoms with Crippen LogP contribution in [0.1, 0.15) is 30.0 Å². The van der Waals surface area contributed by atoms with Crippen LogP contribution in [0, 0.1) is 6.92 Å². The molecule has 3 aromatic rings. The van der Waals surface area contributed by atoms with E-state index in [4.69, 9.17) is 5.73 Å². The molecular weight excluding hydrogens is 312 g/mol. The summed E-state index contributed by atoms with van der Waals surface area (Å²) in [6.07, 6.45) is 5.86. The number of aromatic nitrogens is 4. The summed E-state index contributed by atoms with van der Waals surface area (Å²) in [5, 5.41) is 7.54. The zero-order chi connectivity index (χ0) is 17.2. The summed E-state index contributed by atoms with van der Waals surface area (Å²) in [6, 6.07) is 10.3. The Morgan fingerprint density at radius 3 is 2.84 bits per heavy atom. The summed E-state index contributed by atoms with van der Waals surface area (Å²) < 4.78 is 0. The summed E-state index contributed by atoms with van der Waals surface area (Å²) in [4.78, 5) is 11.0. The summed E-state index contributed by atoms with van der Waals surface area (Å²) in [5.74, 6) is 1.59. The highest BCUT2D eigenvalue weighted by molar-refractivity contribution is 5.66. The third kappa shape index (κ3) is 3.20. The number of nitrogens with two attached hydrogens (primary N) is 1. The average molecular weight is 334 g/mol. The Labute approximate surface area is 147 Å². The van der Waals surface area contributed by atoms with Gasteiger partial charge >= 0.3 is 0 Å². The SMILES string of the molecule is Cc1ccc(-c2cn[nH]c2[C@H]2CCCN(c3nccc(N)n3)C2)cc1.